The van der Waals surface area contributed by atoms with Crippen LogP contribution in [0.4, 0.5) is 5.95 Å². The van der Waals surface area contributed by atoms with Crippen LogP contribution in [0.15, 0.2) is 18.5 Å². The van der Waals surface area contributed by atoms with E-state index in [0.717, 1.165) is 83.7 Å². The highest BCUT2D eigenvalue weighted by Crippen LogP contribution is 2.28. The lowest BCUT2D eigenvalue weighted by Crippen LogP contribution is -2.51. The molecule has 2 amide bonds. The van der Waals surface area contributed by atoms with Crippen molar-refractivity contribution in [3.8, 4) is 0 Å². The first-order chi connectivity index (χ1) is 14.7. The molecule has 30 heavy (non-hydrogen) atoms. The number of nitrogens with one attached hydrogen (secondary N) is 1. The normalized spacial score (nSPS) is 23.5. The summed E-state index contributed by atoms with van der Waals surface area (Å²) in [4.78, 5) is 40.7. The van der Waals surface area contributed by atoms with Crippen molar-refractivity contribution in [1.29, 1.82) is 0 Å². The van der Waals surface area contributed by atoms with Crippen molar-refractivity contribution in [2.45, 2.75) is 51.0 Å². The summed E-state index contributed by atoms with van der Waals surface area (Å²) < 4.78 is 0. The fourth-order valence-electron chi connectivity index (χ4n) is 4.97. The number of likely N-dealkylation sites (tertiary alicyclic amines) is 1. The minimum absolute atomic E-state index is 0.0213. The van der Waals surface area contributed by atoms with Crippen molar-refractivity contribution in [3.05, 3.63) is 18.5 Å². The van der Waals surface area contributed by atoms with Crippen LogP contribution in [0.3, 0.4) is 0 Å². The van der Waals surface area contributed by atoms with Crippen LogP contribution >= 0.6 is 0 Å². The zero-order chi connectivity index (χ0) is 20.8. The number of anilines is 1. The predicted octanol–water partition coefficient (Wildman–Crippen LogP) is 1.29. The van der Waals surface area contributed by atoms with Crippen LogP contribution in [0.1, 0.15) is 44.9 Å². The Kier molecular flexibility index (Phi) is 7.15. The van der Waals surface area contributed by atoms with Crippen molar-refractivity contribution in [3.63, 3.8) is 0 Å². The first kappa shape index (κ1) is 21.0. The molecule has 0 radical (unpaired) electrons. The Morgan fingerprint density at radius 3 is 2.40 bits per heavy atom. The van der Waals surface area contributed by atoms with E-state index in [2.05, 4.69) is 25.1 Å². The van der Waals surface area contributed by atoms with E-state index in [1.807, 2.05) is 11.0 Å². The molecule has 1 aromatic heterocycles. The third kappa shape index (κ3) is 5.09. The molecule has 1 saturated carbocycles. The monoisotopic (exact) mass is 414 g/mol. The van der Waals surface area contributed by atoms with Crippen LogP contribution in [0, 0.1) is 5.92 Å². The van der Waals surface area contributed by atoms with Crippen molar-refractivity contribution in [2.24, 2.45) is 5.92 Å². The molecule has 1 N–H and O–H groups in total. The van der Waals surface area contributed by atoms with Crippen molar-refractivity contribution >= 4 is 17.8 Å². The van der Waals surface area contributed by atoms with E-state index in [1.54, 1.807) is 12.4 Å². The van der Waals surface area contributed by atoms with Gasteiger partial charge in [-0.3, -0.25) is 14.5 Å². The predicted molar refractivity (Wildman–Crippen MR) is 115 cm³/mol. The lowest BCUT2D eigenvalue weighted by atomic mass is 9.88. The maximum Gasteiger partial charge on any atom is 0.242 e. The number of amides is 2. The van der Waals surface area contributed by atoms with Crippen LogP contribution in [-0.4, -0.2) is 83.4 Å². The largest absolute Gasteiger partial charge is 0.353 e. The number of aromatic nitrogens is 2. The van der Waals surface area contributed by atoms with Crippen molar-refractivity contribution in [1.82, 2.24) is 25.1 Å². The molecule has 164 valence electrons. The summed E-state index contributed by atoms with van der Waals surface area (Å²) in [5.74, 6) is 1.16. The van der Waals surface area contributed by atoms with Gasteiger partial charge in [0.1, 0.15) is 6.04 Å². The van der Waals surface area contributed by atoms with Crippen LogP contribution in [-0.2, 0) is 9.59 Å². The van der Waals surface area contributed by atoms with Gasteiger partial charge in [-0.15, -0.1) is 0 Å². The zero-order valence-corrected chi connectivity index (χ0v) is 17.8. The van der Waals surface area contributed by atoms with Crippen molar-refractivity contribution < 1.29 is 9.59 Å². The number of hydrogen-bond acceptors (Lipinski definition) is 6. The molecule has 8 heteroatoms. The number of carbonyl (C=O) groups excluding carboxylic acids is 2. The van der Waals surface area contributed by atoms with Gasteiger partial charge in [-0.05, 0) is 31.7 Å². The van der Waals surface area contributed by atoms with E-state index in [1.165, 1.54) is 6.42 Å². The van der Waals surface area contributed by atoms with E-state index in [0.29, 0.717) is 6.54 Å². The van der Waals surface area contributed by atoms with Gasteiger partial charge in [0.15, 0.2) is 0 Å². The Hall–Kier alpha value is -2.22. The van der Waals surface area contributed by atoms with Gasteiger partial charge in [0.25, 0.3) is 0 Å². The standard InChI is InChI=1S/C22H34N6O2/c29-20(19-8-4-12-28(19)21(30)18-6-2-1-3-7-18)23-11-13-26-14-16-27(17-15-26)22-24-9-5-10-25-22/h5,9-10,18-19H,1-4,6-8,11-17H2,(H,23,29). The summed E-state index contributed by atoms with van der Waals surface area (Å²) >= 11 is 0. The third-order valence-corrected chi connectivity index (χ3v) is 6.73. The Labute approximate surface area is 179 Å². The smallest absolute Gasteiger partial charge is 0.242 e. The number of carbonyl (C=O) groups is 2. The maximum atomic E-state index is 12.9. The number of nitrogens with zero attached hydrogens (tertiary/aromatic N) is 5. The summed E-state index contributed by atoms with van der Waals surface area (Å²) in [6.45, 7) is 5.85. The van der Waals surface area contributed by atoms with Crippen LogP contribution in [0.25, 0.3) is 0 Å². The first-order valence-electron chi connectivity index (χ1n) is 11.5. The highest BCUT2D eigenvalue weighted by Gasteiger charge is 2.37. The van der Waals surface area contributed by atoms with Crippen LogP contribution in [0.2, 0.25) is 0 Å². The van der Waals surface area contributed by atoms with E-state index in [4.69, 9.17) is 0 Å². The molecule has 4 rings (SSSR count). The zero-order valence-electron chi connectivity index (χ0n) is 17.8. The highest BCUT2D eigenvalue weighted by molar-refractivity contribution is 5.89. The molecule has 1 atom stereocenters. The lowest BCUT2D eigenvalue weighted by molar-refractivity contribution is -0.142. The third-order valence-electron chi connectivity index (χ3n) is 6.73. The molecular weight excluding hydrogens is 380 g/mol. The topological polar surface area (TPSA) is 81.7 Å². The summed E-state index contributed by atoms with van der Waals surface area (Å²) in [6, 6.07) is 1.56. The van der Waals surface area contributed by atoms with Gasteiger partial charge in [0.2, 0.25) is 17.8 Å². The van der Waals surface area contributed by atoms with E-state index in [9.17, 15) is 9.59 Å². The molecule has 3 fully saturated rings. The first-order valence-corrected chi connectivity index (χ1v) is 11.5. The molecule has 2 saturated heterocycles. The minimum atomic E-state index is -0.272. The van der Waals surface area contributed by atoms with Gasteiger partial charge in [0, 0.05) is 64.1 Å². The van der Waals surface area contributed by atoms with Crippen LogP contribution in [0.5, 0.6) is 0 Å². The van der Waals surface area contributed by atoms with Gasteiger partial charge < -0.3 is 15.1 Å². The Balaban J connectivity index is 1.19. The van der Waals surface area contributed by atoms with Gasteiger partial charge in [-0.25, -0.2) is 9.97 Å². The second-order valence-electron chi connectivity index (χ2n) is 8.69. The second kappa shape index (κ2) is 10.2. The molecule has 1 unspecified atom stereocenters. The Bertz CT molecular complexity index is 701. The molecule has 1 aliphatic carbocycles. The molecule has 3 heterocycles. The summed E-state index contributed by atoms with van der Waals surface area (Å²) in [5.41, 5.74) is 0. The molecule has 0 aromatic carbocycles. The fourth-order valence-corrected chi connectivity index (χ4v) is 4.97. The second-order valence-corrected chi connectivity index (χ2v) is 8.69. The van der Waals surface area contributed by atoms with Gasteiger partial charge in [0.05, 0.1) is 0 Å². The molecular formula is C22H34N6O2. The molecule has 3 aliphatic rings. The summed E-state index contributed by atoms with van der Waals surface area (Å²) in [6.07, 6.45) is 10.8. The van der Waals surface area contributed by atoms with Crippen molar-refractivity contribution in [2.75, 3.05) is 50.7 Å². The molecule has 0 bridgehead atoms. The molecule has 1 aromatic rings. The quantitative estimate of drug-likeness (QED) is 0.755. The molecule has 8 nitrogen and oxygen atoms in total. The average molecular weight is 415 g/mol. The Morgan fingerprint density at radius 2 is 1.67 bits per heavy atom. The van der Waals surface area contributed by atoms with Gasteiger partial charge >= 0.3 is 0 Å². The lowest BCUT2D eigenvalue weighted by Gasteiger charge is -2.34. The molecule has 2 aliphatic heterocycles. The molecule has 0 spiro atoms. The SMILES string of the molecule is O=C(NCCN1CCN(c2ncccn2)CC1)C1CCCN1C(=O)C1CCCCC1. The number of piperazine rings is 1. The van der Waals surface area contributed by atoms with Crippen LogP contribution < -0.4 is 10.2 Å². The average Bonchev–Trinajstić information content (AvgIpc) is 3.30. The minimum Gasteiger partial charge on any atom is -0.353 e. The maximum absolute atomic E-state index is 12.9. The van der Waals surface area contributed by atoms with Gasteiger partial charge in [-0.2, -0.15) is 0 Å². The van der Waals surface area contributed by atoms with E-state index < -0.39 is 0 Å². The summed E-state index contributed by atoms with van der Waals surface area (Å²) in [7, 11) is 0. The Morgan fingerprint density at radius 1 is 0.933 bits per heavy atom. The summed E-state index contributed by atoms with van der Waals surface area (Å²) in [5, 5.41) is 3.09. The van der Waals surface area contributed by atoms with Gasteiger partial charge in [-0.1, -0.05) is 19.3 Å². The fraction of sp³-hybridized carbons (Fsp3) is 0.727. The van der Waals surface area contributed by atoms with E-state index in [-0.39, 0.29) is 23.8 Å². The van der Waals surface area contributed by atoms with E-state index >= 15 is 0 Å². The number of rotatable bonds is 6. The number of hydrogen-bond donors (Lipinski definition) is 1. The highest BCUT2D eigenvalue weighted by atomic mass is 16.2.